The Morgan fingerprint density at radius 3 is 2.74 bits per heavy atom. The first kappa shape index (κ1) is 13.3. The van der Waals surface area contributed by atoms with Crippen LogP contribution in [-0.2, 0) is 6.42 Å². The molecule has 0 fully saturated rings. The molecule has 0 radical (unpaired) electrons. The summed E-state index contributed by atoms with van der Waals surface area (Å²) >= 11 is 0. The molecule has 0 saturated carbocycles. The van der Waals surface area contributed by atoms with Gasteiger partial charge < -0.3 is 10.5 Å². The Morgan fingerprint density at radius 1 is 1.37 bits per heavy atom. The predicted molar refractivity (Wildman–Crippen MR) is 72.3 cm³/mol. The van der Waals surface area contributed by atoms with Crippen LogP contribution in [0.5, 0.6) is 5.75 Å². The van der Waals surface area contributed by atoms with Gasteiger partial charge >= 0.3 is 0 Å². The maximum Gasteiger partial charge on any atom is 0.263 e. The zero-order valence-electron chi connectivity index (χ0n) is 10.9. The number of aromatic nitrogens is 2. The topological polar surface area (TPSA) is 70.1 Å². The minimum absolute atomic E-state index is 0.107. The van der Waals surface area contributed by atoms with Crippen LogP contribution in [0.2, 0.25) is 0 Å². The molecule has 1 heterocycles. The number of hydrogen-bond acceptors (Lipinski definition) is 4. The number of benzene rings is 1. The molecule has 5 nitrogen and oxygen atoms in total. The molecule has 0 atom stereocenters. The number of nitrogens with zero attached hydrogens (tertiary/aromatic N) is 2. The molecule has 2 N–H and O–H groups in total. The Balaban J connectivity index is 2.21. The van der Waals surface area contributed by atoms with E-state index in [0.717, 1.165) is 11.4 Å². The molecule has 2 rings (SSSR count). The lowest BCUT2D eigenvalue weighted by molar-refractivity contribution is 0.0957. The largest absolute Gasteiger partial charge is 0.494 e. The van der Waals surface area contributed by atoms with Crippen molar-refractivity contribution in [3.8, 4) is 5.75 Å². The average Bonchev–Trinajstić information content (AvgIpc) is 2.88. The van der Waals surface area contributed by atoms with E-state index in [1.54, 1.807) is 30.5 Å². The second kappa shape index (κ2) is 6.15. The van der Waals surface area contributed by atoms with E-state index in [0.29, 0.717) is 25.1 Å². The number of rotatable bonds is 5. The molecular weight excluding hydrogens is 242 g/mol. The molecule has 19 heavy (non-hydrogen) atoms. The summed E-state index contributed by atoms with van der Waals surface area (Å²) in [6.07, 6.45) is 3.81. The fourth-order valence-corrected chi connectivity index (χ4v) is 1.84. The van der Waals surface area contributed by atoms with Crippen molar-refractivity contribution in [1.29, 1.82) is 0 Å². The molecule has 1 aromatic heterocycles. The fraction of sp³-hybridized carbons (Fsp3) is 0.286. The third kappa shape index (κ3) is 3.00. The molecule has 5 heteroatoms. The van der Waals surface area contributed by atoms with E-state index in [1.165, 1.54) is 10.9 Å². The van der Waals surface area contributed by atoms with E-state index in [4.69, 9.17) is 10.5 Å². The van der Waals surface area contributed by atoms with E-state index < -0.39 is 0 Å². The van der Waals surface area contributed by atoms with Gasteiger partial charge in [-0.25, -0.2) is 4.98 Å². The van der Waals surface area contributed by atoms with Crippen LogP contribution >= 0.6 is 0 Å². The van der Waals surface area contributed by atoms with Gasteiger partial charge in [0.05, 0.1) is 6.61 Å². The molecule has 0 aliphatic rings. The monoisotopic (exact) mass is 259 g/mol. The van der Waals surface area contributed by atoms with Gasteiger partial charge in [0.25, 0.3) is 5.91 Å². The highest BCUT2D eigenvalue weighted by atomic mass is 16.5. The number of carbonyl (C=O) groups excluding carboxylic acids is 1. The van der Waals surface area contributed by atoms with Crippen LogP contribution in [-0.4, -0.2) is 28.6 Å². The quantitative estimate of drug-likeness (QED) is 0.882. The maximum absolute atomic E-state index is 12.3. The Hall–Kier alpha value is -2.14. The molecular formula is C14H17N3O2. The zero-order valence-corrected chi connectivity index (χ0v) is 10.9. The number of ether oxygens (including phenoxy) is 1. The van der Waals surface area contributed by atoms with Crippen LogP contribution in [0, 0.1) is 0 Å². The molecule has 0 aliphatic carbocycles. The first-order valence-electron chi connectivity index (χ1n) is 6.25. The van der Waals surface area contributed by atoms with E-state index in [9.17, 15) is 4.79 Å². The highest BCUT2D eigenvalue weighted by Crippen LogP contribution is 2.14. The normalized spacial score (nSPS) is 10.4. The Labute approximate surface area is 112 Å². The third-order valence-electron chi connectivity index (χ3n) is 2.75. The van der Waals surface area contributed by atoms with Crippen molar-refractivity contribution in [2.24, 2.45) is 5.73 Å². The Morgan fingerprint density at radius 2 is 2.11 bits per heavy atom. The highest BCUT2D eigenvalue weighted by molar-refractivity contribution is 5.96. The van der Waals surface area contributed by atoms with E-state index in [2.05, 4.69) is 4.98 Å². The van der Waals surface area contributed by atoms with Crippen molar-refractivity contribution in [3.05, 3.63) is 48.0 Å². The van der Waals surface area contributed by atoms with Gasteiger partial charge in [-0.3, -0.25) is 9.36 Å². The predicted octanol–water partition coefficient (Wildman–Crippen LogP) is 1.47. The van der Waals surface area contributed by atoms with E-state index in [-0.39, 0.29) is 5.91 Å². The molecule has 0 amide bonds. The average molecular weight is 259 g/mol. The van der Waals surface area contributed by atoms with Crippen LogP contribution in [0.25, 0.3) is 0 Å². The lowest BCUT2D eigenvalue weighted by atomic mass is 10.2. The Kier molecular flexibility index (Phi) is 4.30. The van der Waals surface area contributed by atoms with Crippen LogP contribution < -0.4 is 10.5 Å². The molecule has 100 valence electrons. The molecule has 2 aromatic rings. The number of hydrogen-bond donors (Lipinski definition) is 1. The van der Waals surface area contributed by atoms with Gasteiger partial charge in [-0.2, -0.15) is 0 Å². The van der Waals surface area contributed by atoms with Crippen molar-refractivity contribution >= 4 is 5.91 Å². The smallest absolute Gasteiger partial charge is 0.263 e. The SMILES string of the molecule is CCOc1ccc(C(=O)n2cncc2CCN)cc1. The highest BCUT2D eigenvalue weighted by Gasteiger charge is 2.12. The van der Waals surface area contributed by atoms with Gasteiger partial charge in [-0.15, -0.1) is 0 Å². The summed E-state index contributed by atoms with van der Waals surface area (Å²) in [6.45, 7) is 3.02. The van der Waals surface area contributed by atoms with Crippen LogP contribution in [0.15, 0.2) is 36.8 Å². The lowest BCUT2D eigenvalue weighted by Crippen LogP contribution is -2.16. The number of carbonyl (C=O) groups is 1. The van der Waals surface area contributed by atoms with Crippen molar-refractivity contribution < 1.29 is 9.53 Å². The summed E-state index contributed by atoms with van der Waals surface area (Å²) in [6, 6.07) is 7.08. The van der Waals surface area contributed by atoms with Gasteiger partial charge in [0.1, 0.15) is 12.1 Å². The molecule has 0 spiro atoms. The van der Waals surface area contributed by atoms with E-state index in [1.807, 2.05) is 6.92 Å². The zero-order chi connectivity index (χ0) is 13.7. The molecule has 1 aromatic carbocycles. The first-order chi connectivity index (χ1) is 9.26. The number of imidazole rings is 1. The van der Waals surface area contributed by atoms with Crippen molar-refractivity contribution in [2.75, 3.05) is 13.2 Å². The second-order valence-corrected chi connectivity index (χ2v) is 4.06. The van der Waals surface area contributed by atoms with Crippen LogP contribution in [0.4, 0.5) is 0 Å². The number of nitrogens with two attached hydrogens (primary N) is 1. The summed E-state index contributed by atoms with van der Waals surface area (Å²) in [7, 11) is 0. The van der Waals surface area contributed by atoms with Crippen LogP contribution in [0.1, 0.15) is 23.0 Å². The first-order valence-corrected chi connectivity index (χ1v) is 6.25. The minimum atomic E-state index is -0.107. The fourth-order valence-electron chi connectivity index (χ4n) is 1.84. The summed E-state index contributed by atoms with van der Waals surface area (Å²) in [5, 5.41) is 0. The van der Waals surface area contributed by atoms with Gasteiger partial charge in [0, 0.05) is 23.9 Å². The molecule has 0 aliphatic heterocycles. The van der Waals surface area contributed by atoms with Gasteiger partial charge in [-0.05, 0) is 37.7 Å². The minimum Gasteiger partial charge on any atom is -0.494 e. The standard InChI is InChI=1S/C14H17N3O2/c1-2-19-13-5-3-11(4-6-13)14(18)17-10-16-9-12(17)7-8-15/h3-6,9-10H,2,7-8,15H2,1H3. The van der Waals surface area contributed by atoms with Gasteiger partial charge in [0.15, 0.2) is 0 Å². The third-order valence-corrected chi connectivity index (χ3v) is 2.75. The summed E-state index contributed by atoms with van der Waals surface area (Å²) in [4.78, 5) is 16.3. The molecule has 0 bridgehead atoms. The van der Waals surface area contributed by atoms with Crippen molar-refractivity contribution in [3.63, 3.8) is 0 Å². The van der Waals surface area contributed by atoms with Crippen LogP contribution in [0.3, 0.4) is 0 Å². The van der Waals surface area contributed by atoms with Crippen molar-refractivity contribution in [2.45, 2.75) is 13.3 Å². The molecule has 0 saturated heterocycles. The summed E-state index contributed by atoms with van der Waals surface area (Å²) in [5.41, 5.74) is 6.93. The molecule has 0 unspecified atom stereocenters. The summed E-state index contributed by atoms with van der Waals surface area (Å²) < 4.78 is 6.88. The summed E-state index contributed by atoms with van der Waals surface area (Å²) in [5.74, 6) is 0.649. The lowest BCUT2D eigenvalue weighted by Gasteiger charge is -2.07. The second-order valence-electron chi connectivity index (χ2n) is 4.06. The Bertz CT molecular complexity index is 546. The van der Waals surface area contributed by atoms with E-state index >= 15 is 0 Å². The van der Waals surface area contributed by atoms with Gasteiger partial charge in [0.2, 0.25) is 0 Å². The van der Waals surface area contributed by atoms with Crippen molar-refractivity contribution in [1.82, 2.24) is 9.55 Å². The maximum atomic E-state index is 12.3. The van der Waals surface area contributed by atoms with Gasteiger partial charge in [-0.1, -0.05) is 0 Å².